The van der Waals surface area contributed by atoms with Crippen LogP contribution in [0.15, 0.2) is 52.4 Å². The summed E-state index contributed by atoms with van der Waals surface area (Å²) in [6.45, 7) is 0. The Kier molecular flexibility index (Phi) is 3.78. The molecule has 0 unspecified atom stereocenters. The zero-order valence-electron chi connectivity index (χ0n) is 9.57. The van der Waals surface area contributed by atoms with Gasteiger partial charge in [0, 0.05) is 11.0 Å². The standard InChI is InChI=1S/C12H10N2O3S/c1-17-9-3-2-4-10(7-9)18-11-5-6-12(13-8-11)14(15)16/h2-8H,1H3. The molecule has 1 aromatic heterocycles. The Labute approximate surface area is 108 Å². The zero-order valence-corrected chi connectivity index (χ0v) is 10.4. The Morgan fingerprint density at radius 3 is 2.72 bits per heavy atom. The topological polar surface area (TPSA) is 65.3 Å². The monoisotopic (exact) mass is 262 g/mol. The van der Waals surface area contributed by atoms with E-state index in [1.807, 2.05) is 24.3 Å². The third-order valence-electron chi connectivity index (χ3n) is 2.18. The fraction of sp³-hybridized carbons (Fsp3) is 0.0833. The SMILES string of the molecule is COc1cccc(Sc2ccc([N+](=O)[O-])nc2)c1. The van der Waals surface area contributed by atoms with Gasteiger partial charge in [0.1, 0.15) is 5.75 Å². The summed E-state index contributed by atoms with van der Waals surface area (Å²) < 4.78 is 5.12. The summed E-state index contributed by atoms with van der Waals surface area (Å²) in [5.41, 5.74) is 0. The first kappa shape index (κ1) is 12.4. The molecule has 0 bridgehead atoms. The number of methoxy groups -OCH3 is 1. The van der Waals surface area contributed by atoms with Gasteiger partial charge in [0.05, 0.1) is 12.0 Å². The summed E-state index contributed by atoms with van der Waals surface area (Å²) >= 11 is 1.47. The summed E-state index contributed by atoms with van der Waals surface area (Å²) in [6.07, 6.45) is 1.49. The second kappa shape index (κ2) is 5.50. The Hall–Kier alpha value is -2.08. The average molecular weight is 262 g/mol. The van der Waals surface area contributed by atoms with E-state index in [1.165, 1.54) is 24.0 Å². The summed E-state index contributed by atoms with van der Waals surface area (Å²) in [4.78, 5) is 15.6. The van der Waals surface area contributed by atoms with Crippen molar-refractivity contribution in [2.45, 2.75) is 9.79 Å². The molecule has 0 aliphatic carbocycles. The zero-order chi connectivity index (χ0) is 13.0. The van der Waals surface area contributed by atoms with Crippen LogP contribution in [0, 0.1) is 10.1 Å². The molecule has 6 heteroatoms. The third kappa shape index (κ3) is 2.98. The van der Waals surface area contributed by atoms with Crippen molar-refractivity contribution < 1.29 is 9.66 Å². The predicted molar refractivity (Wildman–Crippen MR) is 68.0 cm³/mol. The average Bonchev–Trinajstić information content (AvgIpc) is 2.39. The van der Waals surface area contributed by atoms with E-state index in [4.69, 9.17) is 4.74 Å². The van der Waals surface area contributed by atoms with Crippen LogP contribution in [0.25, 0.3) is 0 Å². The van der Waals surface area contributed by atoms with Gasteiger partial charge < -0.3 is 14.9 Å². The largest absolute Gasteiger partial charge is 0.497 e. The van der Waals surface area contributed by atoms with Crippen molar-refractivity contribution in [3.8, 4) is 5.75 Å². The van der Waals surface area contributed by atoms with E-state index in [0.29, 0.717) is 0 Å². The molecule has 0 aliphatic heterocycles. The van der Waals surface area contributed by atoms with Crippen molar-refractivity contribution in [1.82, 2.24) is 4.98 Å². The minimum atomic E-state index is -0.514. The van der Waals surface area contributed by atoms with Gasteiger partial charge in [-0.25, -0.2) is 0 Å². The fourth-order valence-electron chi connectivity index (χ4n) is 1.34. The van der Waals surface area contributed by atoms with Gasteiger partial charge in [-0.3, -0.25) is 0 Å². The van der Waals surface area contributed by atoms with Gasteiger partial charge in [-0.1, -0.05) is 17.8 Å². The fourth-order valence-corrected chi connectivity index (χ4v) is 2.18. The molecule has 0 fully saturated rings. The first-order chi connectivity index (χ1) is 8.69. The van der Waals surface area contributed by atoms with Crippen LogP contribution in [0.5, 0.6) is 5.75 Å². The molecule has 1 aromatic carbocycles. The smallest absolute Gasteiger partial charge is 0.363 e. The molecule has 18 heavy (non-hydrogen) atoms. The van der Waals surface area contributed by atoms with Gasteiger partial charge in [0.25, 0.3) is 0 Å². The van der Waals surface area contributed by atoms with E-state index >= 15 is 0 Å². The molecule has 0 atom stereocenters. The number of nitrogens with zero attached hydrogens (tertiary/aromatic N) is 2. The van der Waals surface area contributed by atoms with Crippen LogP contribution in [0.2, 0.25) is 0 Å². The van der Waals surface area contributed by atoms with Crippen LogP contribution in [-0.4, -0.2) is 17.0 Å². The number of pyridine rings is 1. The maximum absolute atomic E-state index is 10.5. The van der Waals surface area contributed by atoms with Gasteiger partial charge in [0.15, 0.2) is 6.20 Å². The number of benzene rings is 1. The van der Waals surface area contributed by atoms with Crippen molar-refractivity contribution in [2.75, 3.05) is 7.11 Å². The number of rotatable bonds is 4. The molecule has 0 radical (unpaired) electrons. The summed E-state index contributed by atoms with van der Waals surface area (Å²) in [7, 11) is 1.61. The van der Waals surface area contributed by atoms with Gasteiger partial charge >= 0.3 is 5.82 Å². The second-order valence-corrected chi connectivity index (χ2v) is 4.54. The Bertz CT molecular complexity index is 558. The Morgan fingerprint density at radius 2 is 2.11 bits per heavy atom. The number of aromatic nitrogens is 1. The molecule has 92 valence electrons. The molecule has 0 saturated carbocycles. The number of ether oxygens (including phenoxy) is 1. The van der Waals surface area contributed by atoms with Gasteiger partial charge in [-0.05, 0) is 34.2 Å². The van der Waals surface area contributed by atoms with Crippen LogP contribution in [0.4, 0.5) is 5.82 Å². The maximum atomic E-state index is 10.5. The summed E-state index contributed by atoms with van der Waals surface area (Å²) in [5, 5.41) is 10.5. The first-order valence-electron chi connectivity index (χ1n) is 5.11. The van der Waals surface area contributed by atoms with Crippen LogP contribution in [-0.2, 0) is 0 Å². The first-order valence-corrected chi connectivity index (χ1v) is 5.93. The van der Waals surface area contributed by atoms with E-state index in [1.54, 1.807) is 13.2 Å². The molecule has 1 heterocycles. The number of nitro groups is 1. The second-order valence-electron chi connectivity index (χ2n) is 3.39. The van der Waals surface area contributed by atoms with Crippen LogP contribution in [0.3, 0.4) is 0 Å². The predicted octanol–water partition coefficient (Wildman–Crippen LogP) is 3.15. The molecular weight excluding hydrogens is 252 g/mol. The Balaban J connectivity index is 2.15. The lowest BCUT2D eigenvalue weighted by Gasteiger charge is -2.03. The molecule has 2 rings (SSSR count). The van der Waals surface area contributed by atoms with E-state index < -0.39 is 4.92 Å². The minimum absolute atomic E-state index is 0.148. The molecule has 0 amide bonds. The van der Waals surface area contributed by atoms with E-state index in [9.17, 15) is 10.1 Å². The molecule has 2 aromatic rings. The highest BCUT2D eigenvalue weighted by Gasteiger charge is 2.07. The maximum Gasteiger partial charge on any atom is 0.363 e. The van der Waals surface area contributed by atoms with E-state index in [2.05, 4.69) is 4.98 Å². The van der Waals surface area contributed by atoms with Gasteiger partial charge in [-0.15, -0.1) is 0 Å². The van der Waals surface area contributed by atoms with Crippen molar-refractivity contribution in [3.63, 3.8) is 0 Å². The lowest BCUT2D eigenvalue weighted by molar-refractivity contribution is -0.389. The minimum Gasteiger partial charge on any atom is -0.497 e. The van der Waals surface area contributed by atoms with Crippen molar-refractivity contribution >= 4 is 17.6 Å². The van der Waals surface area contributed by atoms with Crippen molar-refractivity contribution in [1.29, 1.82) is 0 Å². The summed E-state index contributed by atoms with van der Waals surface area (Å²) in [6, 6.07) is 10.6. The van der Waals surface area contributed by atoms with Crippen molar-refractivity contribution in [2.24, 2.45) is 0 Å². The van der Waals surface area contributed by atoms with Gasteiger partial charge in [-0.2, -0.15) is 0 Å². The number of hydrogen-bond donors (Lipinski definition) is 0. The molecule has 0 saturated heterocycles. The van der Waals surface area contributed by atoms with Crippen molar-refractivity contribution in [3.05, 3.63) is 52.7 Å². The quantitative estimate of drug-likeness (QED) is 0.625. The van der Waals surface area contributed by atoms with Crippen LogP contribution < -0.4 is 4.74 Å². The summed E-state index contributed by atoms with van der Waals surface area (Å²) in [5.74, 6) is 0.625. The highest BCUT2D eigenvalue weighted by Crippen LogP contribution is 2.29. The number of hydrogen-bond acceptors (Lipinski definition) is 5. The molecule has 0 aliphatic rings. The van der Waals surface area contributed by atoms with Crippen LogP contribution >= 0.6 is 11.8 Å². The van der Waals surface area contributed by atoms with Crippen LogP contribution in [0.1, 0.15) is 0 Å². The lowest BCUT2D eigenvalue weighted by atomic mass is 10.3. The molecular formula is C12H10N2O3S. The molecule has 5 nitrogen and oxygen atoms in total. The normalized spacial score (nSPS) is 10.1. The Morgan fingerprint density at radius 1 is 1.28 bits per heavy atom. The third-order valence-corrected chi connectivity index (χ3v) is 3.15. The molecule has 0 spiro atoms. The highest BCUT2D eigenvalue weighted by atomic mass is 32.2. The van der Waals surface area contributed by atoms with E-state index in [0.717, 1.165) is 15.5 Å². The highest BCUT2D eigenvalue weighted by molar-refractivity contribution is 7.99. The lowest BCUT2D eigenvalue weighted by Crippen LogP contribution is -1.90. The van der Waals surface area contributed by atoms with E-state index in [-0.39, 0.29) is 5.82 Å². The van der Waals surface area contributed by atoms with Gasteiger partial charge in [0.2, 0.25) is 0 Å². The molecule has 0 N–H and O–H groups in total.